The van der Waals surface area contributed by atoms with Crippen molar-refractivity contribution in [1.82, 2.24) is 14.9 Å². The van der Waals surface area contributed by atoms with E-state index in [0.717, 1.165) is 29.8 Å². The first-order valence-electron chi connectivity index (χ1n) is 10.5. The number of nitrogens with zero attached hydrogens (tertiary/aromatic N) is 4. The normalized spacial score (nSPS) is 11.5. The average Bonchev–Trinajstić information content (AvgIpc) is 2.74. The van der Waals surface area contributed by atoms with Crippen molar-refractivity contribution >= 4 is 58.6 Å². The number of para-hydroxylation sites is 1. The van der Waals surface area contributed by atoms with Gasteiger partial charge in [0.25, 0.3) is 0 Å². The van der Waals surface area contributed by atoms with Crippen molar-refractivity contribution < 1.29 is 4.57 Å². The van der Waals surface area contributed by atoms with Crippen LogP contribution in [0.2, 0.25) is 5.02 Å². The summed E-state index contributed by atoms with van der Waals surface area (Å²) in [7, 11) is 3.62. The maximum Gasteiger partial charge on any atom is 0.229 e. The molecule has 0 aliphatic heterocycles. The fourth-order valence-electron chi connectivity index (χ4n) is 3.27. The summed E-state index contributed by atoms with van der Waals surface area (Å²) in [6.45, 7) is 5.25. The molecule has 3 rings (SSSR count). The predicted octanol–water partition coefficient (Wildman–Crippen LogP) is 4.45. The molecular weight excluding hydrogens is 457 g/mol. The first kappa shape index (κ1) is 24.8. The Hall–Kier alpha value is -2.80. The number of nitrogen functional groups attached to an aromatic ring is 1. The lowest BCUT2D eigenvalue weighted by molar-refractivity contribution is 0.416. The van der Waals surface area contributed by atoms with Gasteiger partial charge in [-0.1, -0.05) is 23.7 Å². The molecule has 0 bridgehead atoms. The molecule has 0 atom stereocenters. The van der Waals surface area contributed by atoms with E-state index >= 15 is 0 Å². The van der Waals surface area contributed by atoms with Gasteiger partial charge in [0.2, 0.25) is 5.95 Å². The summed E-state index contributed by atoms with van der Waals surface area (Å²) in [4.78, 5) is 13.0. The lowest BCUT2D eigenvalue weighted by Crippen LogP contribution is -2.28. The molecule has 0 spiro atoms. The molecule has 176 valence electrons. The molecule has 2 aromatic carbocycles. The van der Waals surface area contributed by atoms with Gasteiger partial charge in [-0.25, -0.2) is 4.98 Å². The standard InChI is InChI=1S/C23H31ClN7OP/c1-30(2)12-13-31(3)20-11-10-16(14-18(20)25)27-23-26-15-17(24)22(29-23)28-19-8-6-7-9-21(19)33(4,5)32/h6-11,14-15H,12-13,25H2,1-5H3,(H2,26,27,28,29). The second kappa shape index (κ2) is 10.4. The van der Waals surface area contributed by atoms with E-state index in [2.05, 4.69) is 30.4 Å². The van der Waals surface area contributed by atoms with E-state index in [1.54, 1.807) is 13.3 Å². The number of nitrogens with two attached hydrogens (primary N) is 1. The van der Waals surface area contributed by atoms with E-state index in [4.69, 9.17) is 17.3 Å². The van der Waals surface area contributed by atoms with E-state index in [9.17, 15) is 4.57 Å². The van der Waals surface area contributed by atoms with Crippen LogP contribution in [0.3, 0.4) is 0 Å². The Labute approximate surface area is 200 Å². The molecule has 3 aromatic rings. The molecule has 0 unspecified atom stereocenters. The maximum atomic E-state index is 12.7. The average molecular weight is 488 g/mol. The Morgan fingerprint density at radius 2 is 1.79 bits per heavy atom. The molecule has 0 fully saturated rings. The minimum absolute atomic E-state index is 0.356. The molecule has 0 saturated carbocycles. The van der Waals surface area contributed by atoms with E-state index in [1.165, 1.54) is 6.20 Å². The summed E-state index contributed by atoms with van der Waals surface area (Å²) in [5, 5.41) is 7.47. The van der Waals surface area contributed by atoms with Crippen LogP contribution in [0.4, 0.5) is 34.5 Å². The summed E-state index contributed by atoms with van der Waals surface area (Å²) >= 11 is 6.34. The van der Waals surface area contributed by atoms with E-state index in [0.29, 0.717) is 28.2 Å². The van der Waals surface area contributed by atoms with Gasteiger partial charge in [-0.05, 0) is 57.8 Å². The fraction of sp³-hybridized carbons (Fsp3) is 0.304. The van der Waals surface area contributed by atoms with Crippen LogP contribution in [-0.4, -0.2) is 62.4 Å². The number of aromatic nitrogens is 2. The molecule has 0 saturated heterocycles. The quantitative estimate of drug-likeness (QED) is 0.301. The molecule has 33 heavy (non-hydrogen) atoms. The van der Waals surface area contributed by atoms with Crippen molar-refractivity contribution in [2.45, 2.75) is 0 Å². The smallest absolute Gasteiger partial charge is 0.229 e. The summed E-state index contributed by atoms with van der Waals surface area (Å²) in [6, 6.07) is 13.2. The van der Waals surface area contributed by atoms with Gasteiger partial charge in [0, 0.05) is 31.1 Å². The number of hydrogen-bond donors (Lipinski definition) is 3. The highest BCUT2D eigenvalue weighted by atomic mass is 35.5. The van der Waals surface area contributed by atoms with Crippen molar-refractivity contribution in [3.05, 3.63) is 53.7 Å². The number of anilines is 6. The number of likely N-dealkylation sites (N-methyl/N-ethyl adjacent to an activating group) is 2. The highest BCUT2D eigenvalue weighted by Crippen LogP contribution is 2.38. The van der Waals surface area contributed by atoms with Crippen molar-refractivity contribution in [3.8, 4) is 0 Å². The van der Waals surface area contributed by atoms with Crippen molar-refractivity contribution in [2.24, 2.45) is 0 Å². The second-order valence-corrected chi connectivity index (χ2v) is 12.1. The van der Waals surface area contributed by atoms with Crippen molar-refractivity contribution in [1.29, 1.82) is 0 Å². The predicted molar refractivity (Wildman–Crippen MR) is 142 cm³/mol. The van der Waals surface area contributed by atoms with E-state index in [-0.39, 0.29) is 0 Å². The van der Waals surface area contributed by atoms with Gasteiger partial charge in [0.1, 0.15) is 12.2 Å². The molecule has 1 aromatic heterocycles. The molecular formula is C23H31ClN7OP. The fourth-order valence-corrected chi connectivity index (χ4v) is 4.56. The third kappa shape index (κ3) is 6.60. The first-order chi connectivity index (χ1) is 15.5. The lowest BCUT2D eigenvalue weighted by Gasteiger charge is -2.23. The van der Waals surface area contributed by atoms with E-state index < -0.39 is 7.14 Å². The van der Waals surface area contributed by atoms with Gasteiger partial charge in [-0.15, -0.1) is 0 Å². The zero-order chi connectivity index (χ0) is 24.2. The molecule has 1 heterocycles. The van der Waals surface area contributed by atoms with Gasteiger partial charge >= 0.3 is 0 Å². The molecule has 4 N–H and O–H groups in total. The summed E-state index contributed by atoms with van der Waals surface area (Å²) < 4.78 is 12.7. The minimum atomic E-state index is -2.49. The molecule has 8 nitrogen and oxygen atoms in total. The number of rotatable bonds is 9. The first-order valence-corrected chi connectivity index (χ1v) is 13.5. The van der Waals surface area contributed by atoms with Gasteiger partial charge in [0.05, 0.1) is 23.3 Å². The third-order valence-electron chi connectivity index (χ3n) is 5.06. The van der Waals surface area contributed by atoms with Crippen LogP contribution >= 0.6 is 18.7 Å². The van der Waals surface area contributed by atoms with Crippen molar-refractivity contribution in [2.75, 3.05) is 68.8 Å². The van der Waals surface area contributed by atoms with Crippen LogP contribution in [0.25, 0.3) is 0 Å². The van der Waals surface area contributed by atoms with Gasteiger partial charge in [-0.3, -0.25) is 0 Å². The van der Waals surface area contributed by atoms with Gasteiger partial charge < -0.3 is 30.7 Å². The van der Waals surface area contributed by atoms with Crippen LogP contribution in [0.15, 0.2) is 48.7 Å². The largest absolute Gasteiger partial charge is 0.397 e. The number of benzene rings is 2. The maximum absolute atomic E-state index is 12.7. The number of nitrogens with one attached hydrogen (secondary N) is 2. The van der Waals surface area contributed by atoms with Crippen LogP contribution < -0.4 is 26.6 Å². The van der Waals surface area contributed by atoms with Gasteiger partial charge in [0.15, 0.2) is 5.82 Å². The molecule has 0 amide bonds. The third-order valence-corrected chi connectivity index (χ3v) is 6.89. The number of hydrogen-bond acceptors (Lipinski definition) is 8. The summed E-state index contributed by atoms with van der Waals surface area (Å²) in [5.41, 5.74) is 9.38. The molecule has 0 radical (unpaired) electrons. The Bertz CT molecular complexity index is 1170. The number of halogens is 1. The zero-order valence-electron chi connectivity index (χ0n) is 19.6. The van der Waals surface area contributed by atoms with Crippen molar-refractivity contribution in [3.63, 3.8) is 0 Å². The molecule has 10 heteroatoms. The minimum Gasteiger partial charge on any atom is -0.397 e. The zero-order valence-corrected chi connectivity index (χ0v) is 21.3. The SMILES string of the molecule is CN(C)CCN(C)c1ccc(Nc2ncc(Cl)c(Nc3ccccc3P(C)(C)=O)n2)cc1N. The summed E-state index contributed by atoms with van der Waals surface area (Å²) in [6.07, 6.45) is 1.52. The van der Waals surface area contributed by atoms with Crippen LogP contribution in [0.1, 0.15) is 0 Å². The van der Waals surface area contributed by atoms with E-state index in [1.807, 2.05) is 63.6 Å². The second-order valence-electron chi connectivity index (χ2n) is 8.51. The van der Waals surface area contributed by atoms with Crippen LogP contribution in [0, 0.1) is 0 Å². The Morgan fingerprint density at radius 1 is 1.06 bits per heavy atom. The highest BCUT2D eigenvalue weighted by molar-refractivity contribution is 7.70. The molecule has 0 aliphatic carbocycles. The summed E-state index contributed by atoms with van der Waals surface area (Å²) in [5.74, 6) is 0.784. The lowest BCUT2D eigenvalue weighted by atomic mass is 10.2. The monoisotopic (exact) mass is 487 g/mol. The highest BCUT2D eigenvalue weighted by Gasteiger charge is 2.17. The van der Waals surface area contributed by atoms with Gasteiger partial charge in [-0.2, -0.15) is 4.98 Å². The van der Waals surface area contributed by atoms with Crippen LogP contribution in [0.5, 0.6) is 0 Å². The Balaban J connectivity index is 1.80. The molecule has 0 aliphatic rings. The van der Waals surface area contributed by atoms with Crippen LogP contribution in [-0.2, 0) is 4.57 Å². The Morgan fingerprint density at radius 3 is 2.45 bits per heavy atom. The Kier molecular flexibility index (Phi) is 7.84. The topological polar surface area (TPSA) is 99.4 Å².